The zero-order chi connectivity index (χ0) is 13.0. The van der Waals surface area contributed by atoms with Crippen LogP contribution in [0, 0.1) is 0 Å². The summed E-state index contributed by atoms with van der Waals surface area (Å²) in [4.78, 5) is 12.2. The molecule has 0 unspecified atom stereocenters. The van der Waals surface area contributed by atoms with Gasteiger partial charge < -0.3 is 14.8 Å². The van der Waals surface area contributed by atoms with Gasteiger partial charge in [0.05, 0.1) is 26.1 Å². The van der Waals surface area contributed by atoms with Gasteiger partial charge >= 0.3 is 0 Å². The second-order valence-electron chi connectivity index (χ2n) is 3.48. The molecule has 0 radical (unpaired) electrons. The van der Waals surface area contributed by atoms with Crippen LogP contribution in [0.1, 0.15) is 10.4 Å². The van der Waals surface area contributed by atoms with E-state index in [9.17, 15) is 4.79 Å². The van der Waals surface area contributed by atoms with E-state index in [1.807, 2.05) is 0 Å². The van der Waals surface area contributed by atoms with Crippen molar-refractivity contribution in [2.75, 3.05) is 19.5 Å². The second-order valence-corrected chi connectivity index (χ2v) is 3.48. The summed E-state index contributed by atoms with van der Waals surface area (Å²) >= 11 is 0. The highest BCUT2D eigenvalue weighted by Crippen LogP contribution is 2.28. The van der Waals surface area contributed by atoms with Crippen molar-refractivity contribution in [1.82, 2.24) is 10.2 Å². The molecule has 1 amide bonds. The molecule has 2 rings (SSSR count). The van der Waals surface area contributed by atoms with Crippen LogP contribution in [-0.4, -0.2) is 30.3 Å². The van der Waals surface area contributed by atoms with Crippen LogP contribution < -0.4 is 14.8 Å². The van der Waals surface area contributed by atoms with Crippen LogP contribution in [-0.2, 0) is 0 Å². The lowest BCUT2D eigenvalue weighted by molar-refractivity contribution is 0.102. The Morgan fingerprint density at radius 2 is 1.94 bits per heavy atom. The number of nitrogens with zero attached hydrogens (tertiary/aromatic N) is 1. The van der Waals surface area contributed by atoms with Crippen molar-refractivity contribution in [2.45, 2.75) is 0 Å². The van der Waals surface area contributed by atoms with E-state index in [4.69, 9.17) is 9.47 Å². The largest absolute Gasteiger partial charge is 0.496 e. The number of ether oxygens (including phenoxy) is 2. The van der Waals surface area contributed by atoms with Gasteiger partial charge in [0.25, 0.3) is 5.91 Å². The molecule has 6 heteroatoms. The van der Waals surface area contributed by atoms with Gasteiger partial charge in [-0.3, -0.25) is 9.89 Å². The molecule has 6 nitrogen and oxygen atoms in total. The normalized spacial score (nSPS) is 9.89. The molecular weight excluding hydrogens is 234 g/mol. The smallest absolute Gasteiger partial charge is 0.263 e. The van der Waals surface area contributed by atoms with Crippen molar-refractivity contribution in [2.24, 2.45) is 0 Å². The van der Waals surface area contributed by atoms with E-state index in [2.05, 4.69) is 15.5 Å². The number of amides is 1. The maximum absolute atomic E-state index is 12.2. The van der Waals surface area contributed by atoms with Crippen molar-refractivity contribution >= 4 is 11.6 Å². The van der Waals surface area contributed by atoms with E-state index >= 15 is 0 Å². The lowest BCUT2D eigenvalue weighted by atomic mass is 10.1. The predicted octanol–water partition coefficient (Wildman–Crippen LogP) is 1.68. The van der Waals surface area contributed by atoms with Crippen molar-refractivity contribution in [1.29, 1.82) is 0 Å². The minimum atomic E-state index is -0.314. The number of methoxy groups -OCH3 is 2. The zero-order valence-corrected chi connectivity index (χ0v) is 10.1. The Morgan fingerprint density at radius 1 is 1.28 bits per heavy atom. The predicted molar refractivity (Wildman–Crippen MR) is 66.1 cm³/mol. The van der Waals surface area contributed by atoms with Gasteiger partial charge in [0.2, 0.25) is 0 Å². The zero-order valence-electron chi connectivity index (χ0n) is 10.1. The first-order valence-corrected chi connectivity index (χ1v) is 5.27. The molecule has 0 fully saturated rings. The van der Waals surface area contributed by atoms with E-state index in [1.54, 1.807) is 24.4 Å². The lowest BCUT2D eigenvalue weighted by Gasteiger charge is -2.12. The molecule has 94 valence electrons. The topological polar surface area (TPSA) is 76.2 Å². The molecule has 0 atom stereocenters. The highest BCUT2D eigenvalue weighted by atomic mass is 16.5. The van der Waals surface area contributed by atoms with Gasteiger partial charge in [-0.1, -0.05) is 6.07 Å². The van der Waals surface area contributed by atoms with Gasteiger partial charge in [-0.2, -0.15) is 5.10 Å². The van der Waals surface area contributed by atoms with Crippen molar-refractivity contribution in [3.63, 3.8) is 0 Å². The summed E-state index contributed by atoms with van der Waals surface area (Å²) in [6.07, 6.45) is 3.10. The number of nitrogens with one attached hydrogen (secondary N) is 2. The quantitative estimate of drug-likeness (QED) is 0.861. The van der Waals surface area contributed by atoms with Crippen LogP contribution in [0.2, 0.25) is 0 Å². The first-order chi connectivity index (χ1) is 8.76. The summed E-state index contributed by atoms with van der Waals surface area (Å²) < 4.78 is 10.3. The van der Waals surface area contributed by atoms with Crippen LogP contribution in [0.25, 0.3) is 0 Å². The number of carbonyl (C=O) groups is 1. The fourth-order valence-electron chi connectivity index (χ4n) is 1.59. The average molecular weight is 247 g/mol. The third kappa shape index (κ3) is 2.27. The van der Waals surface area contributed by atoms with Gasteiger partial charge in [0, 0.05) is 6.20 Å². The minimum absolute atomic E-state index is 0.314. The summed E-state index contributed by atoms with van der Waals surface area (Å²) in [7, 11) is 3.01. The molecule has 0 bridgehead atoms. The third-order valence-corrected chi connectivity index (χ3v) is 2.41. The summed E-state index contributed by atoms with van der Waals surface area (Å²) in [5.74, 6) is 0.594. The van der Waals surface area contributed by atoms with Crippen LogP contribution in [0.5, 0.6) is 11.5 Å². The Labute approximate surface area is 104 Å². The summed E-state index contributed by atoms with van der Waals surface area (Å²) in [5, 5.41) is 9.06. The summed E-state index contributed by atoms with van der Waals surface area (Å²) in [6.45, 7) is 0. The molecule has 0 aliphatic rings. The number of aromatic amines is 1. The Kier molecular flexibility index (Phi) is 3.47. The summed E-state index contributed by atoms with van der Waals surface area (Å²) in [5.41, 5.74) is 0.927. The van der Waals surface area contributed by atoms with Gasteiger partial charge in [0.15, 0.2) is 0 Å². The Morgan fingerprint density at radius 3 is 2.44 bits per heavy atom. The average Bonchev–Trinajstić information content (AvgIpc) is 2.90. The van der Waals surface area contributed by atoms with Crippen molar-refractivity contribution in [3.05, 3.63) is 36.2 Å². The number of H-pyrrole nitrogens is 1. The molecule has 18 heavy (non-hydrogen) atoms. The van der Waals surface area contributed by atoms with Gasteiger partial charge in [-0.15, -0.1) is 0 Å². The van der Waals surface area contributed by atoms with Crippen LogP contribution in [0.15, 0.2) is 30.6 Å². The van der Waals surface area contributed by atoms with Gasteiger partial charge in [-0.05, 0) is 12.1 Å². The molecule has 1 aromatic heterocycles. The van der Waals surface area contributed by atoms with E-state index in [0.29, 0.717) is 22.7 Å². The number of carbonyl (C=O) groups excluding carboxylic acids is 1. The molecular formula is C12H13N3O3. The Hall–Kier alpha value is -2.50. The van der Waals surface area contributed by atoms with Crippen molar-refractivity contribution < 1.29 is 14.3 Å². The maximum Gasteiger partial charge on any atom is 0.263 e. The Balaban J connectivity index is 2.33. The minimum Gasteiger partial charge on any atom is -0.496 e. The van der Waals surface area contributed by atoms with E-state index in [0.717, 1.165) is 0 Å². The fraction of sp³-hybridized carbons (Fsp3) is 0.167. The number of hydrogen-bond donors (Lipinski definition) is 2. The number of hydrogen-bond acceptors (Lipinski definition) is 4. The molecule has 1 heterocycles. The van der Waals surface area contributed by atoms with Gasteiger partial charge in [0.1, 0.15) is 17.1 Å². The maximum atomic E-state index is 12.2. The fourth-order valence-corrected chi connectivity index (χ4v) is 1.59. The number of benzene rings is 1. The molecule has 0 saturated carbocycles. The molecule has 0 aliphatic carbocycles. The van der Waals surface area contributed by atoms with Gasteiger partial charge in [-0.25, -0.2) is 0 Å². The number of anilines is 1. The van der Waals surface area contributed by atoms with Crippen LogP contribution in [0.4, 0.5) is 5.69 Å². The molecule has 0 aliphatic heterocycles. The molecule has 0 spiro atoms. The highest BCUT2D eigenvalue weighted by molar-refractivity contribution is 6.08. The van der Waals surface area contributed by atoms with Crippen molar-refractivity contribution in [3.8, 4) is 11.5 Å². The Bertz CT molecular complexity index is 515. The first-order valence-electron chi connectivity index (χ1n) is 5.27. The lowest BCUT2D eigenvalue weighted by Crippen LogP contribution is -2.14. The van der Waals surface area contributed by atoms with E-state index < -0.39 is 0 Å². The molecule has 2 aromatic rings. The molecule has 0 saturated heterocycles. The highest BCUT2D eigenvalue weighted by Gasteiger charge is 2.18. The van der Waals surface area contributed by atoms with E-state index in [-0.39, 0.29) is 5.91 Å². The number of rotatable bonds is 4. The standard InChI is InChI=1S/C12H13N3O3/c1-17-9-4-3-5-10(18-2)11(9)12(16)15-8-6-13-14-7-8/h3-7H,1-2H3,(H,13,14)(H,15,16). The first kappa shape index (κ1) is 12.0. The second kappa shape index (κ2) is 5.22. The van der Waals surface area contributed by atoms with E-state index in [1.165, 1.54) is 20.4 Å². The monoisotopic (exact) mass is 247 g/mol. The SMILES string of the molecule is COc1cccc(OC)c1C(=O)Nc1cn[nH]c1. The van der Waals surface area contributed by atoms with Crippen LogP contribution in [0.3, 0.4) is 0 Å². The van der Waals surface area contributed by atoms with Crippen LogP contribution >= 0.6 is 0 Å². The molecule has 2 N–H and O–H groups in total. The summed E-state index contributed by atoms with van der Waals surface area (Å²) in [6, 6.07) is 5.16. The number of aromatic nitrogens is 2. The third-order valence-electron chi connectivity index (χ3n) is 2.41. The molecule has 1 aromatic carbocycles.